The molecule has 0 aromatic heterocycles. The predicted molar refractivity (Wildman–Crippen MR) is 59.0 cm³/mol. The summed E-state index contributed by atoms with van der Waals surface area (Å²) in [5, 5.41) is 0. The second-order valence-corrected chi connectivity index (χ2v) is 3.51. The molecule has 0 amide bonds. The van der Waals surface area contributed by atoms with Crippen molar-refractivity contribution in [1.29, 1.82) is 0 Å². The molecular weight excluding hydrogens is 172 g/mol. The van der Waals surface area contributed by atoms with Crippen LogP contribution in [0.15, 0.2) is 30.9 Å². The topological polar surface area (TPSA) is 17.1 Å². The third kappa shape index (κ3) is 1.22. The smallest absolute Gasteiger partial charge is 0.162 e. The lowest BCUT2D eigenvalue weighted by Crippen LogP contribution is -2.11. The summed E-state index contributed by atoms with van der Waals surface area (Å²) in [7, 11) is 0. The Kier molecular flexibility index (Phi) is 2.08. The first-order valence-corrected chi connectivity index (χ1v) is 4.71. The zero-order valence-corrected chi connectivity index (χ0v) is 8.16. The molecule has 0 bridgehead atoms. The summed E-state index contributed by atoms with van der Waals surface area (Å²) in [4.78, 5) is 11.4. The number of hydrogen-bond acceptors (Lipinski definition) is 1. The van der Waals surface area contributed by atoms with Gasteiger partial charge in [-0.15, -0.1) is 0 Å². The Morgan fingerprint density at radius 1 is 1.36 bits per heavy atom. The molecule has 0 N–H and O–H groups in total. The Hall–Kier alpha value is -1.63. The summed E-state index contributed by atoms with van der Waals surface area (Å²) in [6.07, 6.45) is 5.36. The Morgan fingerprint density at radius 2 is 2.14 bits per heavy atom. The number of rotatable bonds is 1. The van der Waals surface area contributed by atoms with Crippen LogP contribution in [0.2, 0.25) is 0 Å². The molecule has 0 saturated carbocycles. The van der Waals surface area contributed by atoms with Gasteiger partial charge in [0, 0.05) is 5.92 Å². The Morgan fingerprint density at radius 3 is 2.86 bits per heavy atom. The minimum Gasteiger partial charge on any atom is -0.294 e. The minimum atomic E-state index is -0.0186. The maximum Gasteiger partial charge on any atom is 0.162 e. The summed E-state index contributed by atoms with van der Waals surface area (Å²) in [6.45, 7) is 5.71. The number of allylic oxidation sites excluding steroid dienone is 1. The third-order valence-corrected chi connectivity index (χ3v) is 2.70. The van der Waals surface area contributed by atoms with Crippen LogP contribution >= 0.6 is 0 Å². The van der Waals surface area contributed by atoms with Crippen molar-refractivity contribution in [3.8, 4) is 0 Å². The zero-order chi connectivity index (χ0) is 10.1. The van der Waals surface area contributed by atoms with Gasteiger partial charge in [0.05, 0.1) is 0 Å². The fourth-order valence-electron chi connectivity index (χ4n) is 1.81. The second-order valence-electron chi connectivity index (χ2n) is 3.51. The van der Waals surface area contributed by atoms with E-state index in [9.17, 15) is 4.79 Å². The lowest BCUT2D eigenvalue weighted by Gasteiger charge is -2.18. The Labute approximate surface area is 83.8 Å². The number of carbonyl (C=O) groups is 1. The fourth-order valence-corrected chi connectivity index (χ4v) is 1.81. The van der Waals surface area contributed by atoms with Gasteiger partial charge >= 0.3 is 0 Å². The number of fused-ring (bicyclic) bond motifs is 1. The maximum absolute atomic E-state index is 11.4. The van der Waals surface area contributed by atoms with E-state index in [1.807, 2.05) is 37.3 Å². The average molecular weight is 184 g/mol. The normalized spacial score (nSPS) is 19.2. The largest absolute Gasteiger partial charge is 0.294 e. The van der Waals surface area contributed by atoms with Crippen LogP contribution in [-0.2, 0) is 4.79 Å². The van der Waals surface area contributed by atoms with Crippen molar-refractivity contribution in [1.82, 2.24) is 0 Å². The molecule has 1 nitrogen and oxygen atoms in total. The van der Waals surface area contributed by atoms with Crippen LogP contribution < -0.4 is 0 Å². The van der Waals surface area contributed by atoms with E-state index in [0.717, 1.165) is 16.7 Å². The van der Waals surface area contributed by atoms with Gasteiger partial charge in [-0.1, -0.05) is 43.9 Å². The highest BCUT2D eigenvalue weighted by molar-refractivity contribution is 6.02. The Balaban J connectivity index is 2.66. The third-order valence-electron chi connectivity index (χ3n) is 2.70. The molecule has 1 aliphatic carbocycles. The van der Waals surface area contributed by atoms with Crippen LogP contribution in [0.5, 0.6) is 0 Å². The number of carbonyl (C=O) groups excluding carboxylic acids is 1. The highest BCUT2D eigenvalue weighted by atomic mass is 16.1. The van der Waals surface area contributed by atoms with E-state index in [1.165, 1.54) is 0 Å². The summed E-state index contributed by atoms with van der Waals surface area (Å²) in [6, 6.07) is 5.99. The van der Waals surface area contributed by atoms with E-state index in [1.54, 1.807) is 6.08 Å². The molecule has 14 heavy (non-hydrogen) atoms. The van der Waals surface area contributed by atoms with Crippen LogP contribution in [-0.4, -0.2) is 5.78 Å². The van der Waals surface area contributed by atoms with Gasteiger partial charge in [0.1, 0.15) is 0 Å². The molecule has 0 radical (unpaired) electrons. The standard InChI is InChI=1S/C13H12O/c1-3-10-5-4-6-11-9(2)13(14)8-7-12(10)11/h3-9H,1H2,2H3. The van der Waals surface area contributed by atoms with E-state index in [2.05, 4.69) is 6.58 Å². The van der Waals surface area contributed by atoms with Crippen LogP contribution in [0.1, 0.15) is 29.5 Å². The first kappa shape index (κ1) is 8.95. The van der Waals surface area contributed by atoms with Gasteiger partial charge in [-0.2, -0.15) is 0 Å². The summed E-state index contributed by atoms with van der Waals surface area (Å²) < 4.78 is 0. The summed E-state index contributed by atoms with van der Waals surface area (Å²) in [5.41, 5.74) is 3.34. The Bertz CT molecular complexity index is 427. The first-order chi connectivity index (χ1) is 6.74. The summed E-state index contributed by atoms with van der Waals surface area (Å²) in [5.74, 6) is 0.161. The van der Waals surface area contributed by atoms with Gasteiger partial charge in [-0.3, -0.25) is 4.79 Å². The lowest BCUT2D eigenvalue weighted by atomic mass is 9.85. The van der Waals surface area contributed by atoms with Crippen LogP contribution in [0.25, 0.3) is 12.2 Å². The van der Waals surface area contributed by atoms with E-state index >= 15 is 0 Å². The van der Waals surface area contributed by atoms with Gasteiger partial charge in [0.25, 0.3) is 0 Å². The van der Waals surface area contributed by atoms with Crippen molar-refractivity contribution in [2.75, 3.05) is 0 Å². The van der Waals surface area contributed by atoms with Crippen LogP contribution in [0.3, 0.4) is 0 Å². The van der Waals surface area contributed by atoms with Crippen molar-refractivity contribution >= 4 is 17.9 Å². The van der Waals surface area contributed by atoms with Crippen molar-refractivity contribution in [3.63, 3.8) is 0 Å². The summed E-state index contributed by atoms with van der Waals surface area (Å²) >= 11 is 0. The molecule has 1 aromatic rings. The van der Waals surface area contributed by atoms with Gasteiger partial charge in [0.15, 0.2) is 5.78 Å². The van der Waals surface area contributed by atoms with Crippen molar-refractivity contribution in [2.45, 2.75) is 12.8 Å². The maximum atomic E-state index is 11.4. The molecule has 0 aliphatic heterocycles. The fraction of sp³-hybridized carbons (Fsp3) is 0.154. The van der Waals surface area contributed by atoms with Crippen molar-refractivity contribution < 1.29 is 4.79 Å². The molecule has 70 valence electrons. The molecule has 1 heteroatoms. The van der Waals surface area contributed by atoms with E-state index in [-0.39, 0.29) is 11.7 Å². The molecular formula is C13H12O. The van der Waals surface area contributed by atoms with Gasteiger partial charge in [-0.25, -0.2) is 0 Å². The first-order valence-electron chi connectivity index (χ1n) is 4.71. The zero-order valence-electron chi connectivity index (χ0n) is 8.16. The quantitative estimate of drug-likeness (QED) is 0.655. The van der Waals surface area contributed by atoms with E-state index < -0.39 is 0 Å². The highest BCUT2D eigenvalue weighted by Crippen LogP contribution is 2.29. The second kappa shape index (κ2) is 3.26. The number of benzene rings is 1. The molecule has 1 atom stereocenters. The van der Waals surface area contributed by atoms with E-state index in [4.69, 9.17) is 0 Å². The molecule has 0 fully saturated rings. The molecule has 0 spiro atoms. The molecule has 1 unspecified atom stereocenters. The number of ketones is 1. The van der Waals surface area contributed by atoms with Gasteiger partial charge in [-0.05, 0) is 22.8 Å². The van der Waals surface area contributed by atoms with Gasteiger partial charge in [0.2, 0.25) is 0 Å². The predicted octanol–water partition coefficient (Wildman–Crippen LogP) is 3.03. The highest BCUT2D eigenvalue weighted by Gasteiger charge is 2.20. The van der Waals surface area contributed by atoms with Crippen molar-refractivity contribution in [2.24, 2.45) is 0 Å². The van der Waals surface area contributed by atoms with Crippen molar-refractivity contribution in [3.05, 3.63) is 47.5 Å². The van der Waals surface area contributed by atoms with Crippen LogP contribution in [0, 0.1) is 0 Å². The average Bonchev–Trinajstić information content (AvgIpc) is 2.23. The number of hydrogen-bond donors (Lipinski definition) is 0. The molecule has 0 saturated heterocycles. The SMILES string of the molecule is C=Cc1cccc2c1C=CC(=O)C2C. The molecule has 1 aliphatic rings. The molecule has 2 rings (SSSR count). The van der Waals surface area contributed by atoms with E-state index in [0.29, 0.717) is 0 Å². The minimum absolute atomic E-state index is 0.0186. The van der Waals surface area contributed by atoms with Crippen LogP contribution in [0.4, 0.5) is 0 Å². The lowest BCUT2D eigenvalue weighted by molar-refractivity contribution is -0.115. The molecule has 0 heterocycles. The molecule has 1 aromatic carbocycles. The monoisotopic (exact) mass is 184 g/mol. The van der Waals surface area contributed by atoms with Gasteiger partial charge < -0.3 is 0 Å².